The van der Waals surface area contributed by atoms with Crippen LogP contribution in [0.5, 0.6) is 5.75 Å². The van der Waals surface area contributed by atoms with Crippen LogP contribution in [0.1, 0.15) is 5.56 Å². The molecule has 2 aromatic rings. The minimum Gasteiger partial charge on any atom is -0.490 e. The summed E-state index contributed by atoms with van der Waals surface area (Å²) in [6.45, 7) is 2.18. The van der Waals surface area contributed by atoms with Crippen LogP contribution in [0, 0.1) is 39.2 Å². The van der Waals surface area contributed by atoms with Crippen molar-refractivity contribution in [2.24, 2.45) is 0 Å². The van der Waals surface area contributed by atoms with Crippen LogP contribution in [-0.4, -0.2) is 20.4 Å². The van der Waals surface area contributed by atoms with E-state index in [1.54, 1.807) is 0 Å². The molecule has 11 heteroatoms. The molecule has 2 aromatic carbocycles. The zero-order valence-corrected chi connectivity index (χ0v) is 15.4. The minimum absolute atomic E-state index is 0.0000192. The summed E-state index contributed by atoms with van der Waals surface area (Å²) in [7, 11) is -2.35. The summed E-state index contributed by atoms with van der Waals surface area (Å²) in [5.74, 6) is -10.2. The molecular formula is C16H14F5NO4Si. The number of methoxy groups -OCH3 is 1. The maximum Gasteiger partial charge on any atom is 0.311 e. The smallest absolute Gasteiger partial charge is 0.311 e. The largest absolute Gasteiger partial charge is 0.490 e. The van der Waals surface area contributed by atoms with Crippen molar-refractivity contribution in [1.29, 1.82) is 0 Å². The second kappa shape index (κ2) is 7.60. The van der Waals surface area contributed by atoms with Gasteiger partial charge in [0.25, 0.3) is 0 Å². The van der Waals surface area contributed by atoms with Gasteiger partial charge in [-0.05, 0) is 24.7 Å². The van der Waals surface area contributed by atoms with E-state index in [4.69, 9.17) is 9.16 Å². The predicted molar refractivity (Wildman–Crippen MR) is 87.8 cm³/mol. The molecule has 0 atom stereocenters. The average Bonchev–Trinajstić information content (AvgIpc) is 2.62. The van der Waals surface area contributed by atoms with Gasteiger partial charge in [0, 0.05) is 11.3 Å². The SMILES string of the molecule is COc1ccc(CO[Si](C)(C)c2c(F)c(F)c(F)c(F)c2F)cc1[N+](=O)[O-]. The van der Waals surface area contributed by atoms with Gasteiger partial charge >= 0.3 is 5.69 Å². The second-order valence-electron chi connectivity index (χ2n) is 6.01. The number of halogens is 5. The molecule has 0 saturated heterocycles. The molecule has 0 bridgehead atoms. The Morgan fingerprint density at radius 1 is 1.00 bits per heavy atom. The lowest BCUT2D eigenvalue weighted by Gasteiger charge is -2.25. The fraction of sp³-hybridized carbons (Fsp3) is 0.250. The van der Waals surface area contributed by atoms with Gasteiger partial charge in [-0.15, -0.1) is 0 Å². The number of nitrogens with zero attached hydrogens (tertiary/aromatic N) is 1. The summed E-state index contributed by atoms with van der Waals surface area (Å²) in [5, 5.41) is 10.0. The molecule has 0 N–H and O–H groups in total. The summed E-state index contributed by atoms with van der Waals surface area (Å²) in [5.41, 5.74) is -0.0822. The molecule has 0 radical (unpaired) electrons. The molecule has 27 heavy (non-hydrogen) atoms. The summed E-state index contributed by atoms with van der Waals surface area (Å²) >= 11 is 0. The zero-order valence-electron chi connectivity index (χ0n) is 14.4. The van der Waals surface area contributed by atoms with E-state index in [2.05, 4.69) is 0 Å². The molecular weight excluding hydrogens is 393 g/mol. The van der Waals surface area contributed by atoms with E-state index in [1.165, 1.54) is 32.3 Å². The van der Waals surface area contributed by atoms with E-state index in [-0.39, 0.29) is 23.6 Å². The third-order valence-corrected chi connectivity index (χ3v) is 6.36. The topological polar surface area (TPSA) is 61.6 Å². The monoisotopic (exact) mass is 407 g/mol. The lowest BCUT2D eigenvalue weighted by molar-refractivity contribution is -0.385. The molecule has 0 aliphatic carbocycles. The van der Waals surface area contributed by atoms with Gasteiger partial charge in [-0.25, -0.2) is 22.0 Å². The molecule has 2 rings (SSSR count). The molecule has 5 nitrogen and oxygen atoms in total. The quantitative estimate of drug-likeness (QED) is 0.182. The van der Waals surface area contributed by atoms with Crippen LogP contribution >= 0.6 is 0 Å². The first-order valence-electron chi connectivity index (χ1n) is 7.48. The van der Waals surface area contributed by atoms with Gasteiger partial charge in [-0.3, -0.25) is 10.1 Å². The van der Waals surface area contributed by atoms with Crippen LogP contribution < -0.4 is 9.92 Å². The van der Waals surface area contributed by atoms with E-state index in [0.29, 0.717) is 0 Å². The fourth-order valence-electron chi connectivity index (χ4n) is 2.44. The first-order chi connectivity index (χ1) is 12.5. The number of nitro groups is 1. The normalized spacial score (nSPS) is 11.6. The van der Waals surface area contributed by atoms with Gasteiger partial charge < -0.3 is 9.16 Å². The van der Waals surface area contributed by atoms with Crippen molar-refractivity contribution in [2.75, 3.05) is 7.11 Å². The molecule has 0 aliphatic rings. The van der Waals surface area contributed by atoms with E-state index in [1.807, 2.05) is 0 Å². The highest BCUT2D eigenvalue weighted by Gasteiger charge is 2.38. The second-order valence-corrected chi connectivity index (χ2v) is 9.82. The Hall–Kier alpha value is -2.53. The van der Waals surface area contributed by atoms with E-state index in [0.717, 1.165) is 6.07 Å². The minimum atomic E-state index is -3.60. The molecule has 0 fully saturated rings. The maximum absolute atomic E-state index is 14.0. The lowest BCUT2D eigenvalue weighted by atomic mass is 10.2. The Kier molecular flexibility index (Phi) is 5.85. The highest BCUT2D eigenvalue weighted by Crippen LogP contribution is 2.28. The number of rotatable bonds is 6. The third kappa shape index (κ3) is 3.93. The van der Waals surface area contributed by atoms with Gasteiger partial charge in [-0.1, -0.05) is 6.07 Å². The summed E-state index contributed by atoms with van der Waals surface area (Å²) in [6.07, 6.45) is 0. The molecule has 0 spiro atoms. The Labute approximate surface area is 151 Å². The van der Waals surface area contributed by atoms with Crippen molar-refractivity contribution < 1.29 is 36.0 Å². The van der Waals surface area contributed by atoms with E-state index < -0.39 is 47.5 Å². The highest BCUT2D eigenvalue weighted by atomic mass is 28.4. The standard InChI is InChI=1S/C16H14F5NO4Si/c1-25-10-5-4-8(6-9(10)22(23)24)7-26-27(2,3)16-14(20)12(18)11(17)13(19)15(16)21/h4-6H,7H2,1-3H3. The van der Waals surface area contributed by atoms with Crippen molar-refractivity contribution in [1.82, 2.24) is 0 Å². The lowest BCUT2D eigenvalue weighted by Crippen LogP contribution is -2.49. The van der Waals surface area contributed by atoms with Crippen molar-refractivity contribution in [3.63, 3.8) is 0 Å². The number of benzene rings is 2. The number of hydrogen-bond acceptors (Lipinski definition) is 4. The summed E-state index contributed by atoms with van der Waals surface area (Å²) in [4.78, 5) is 10.3. The predicted octanol–water partition coefficient (Wildman–Crippen LogP) is 3.93. The molecule has 0 aliphatic heterocycles. The number of ether oxygens (including phenoxy) is 1. The molecule has 0 amide bonds. The van der Waals surface area contributed by atoms with E-state index in [9.17, 15) is 32.1 Å². The van der Waals surface area contributed by atoms with Crippen molar-refractivity contribution >= 4 is 19.2 Å². The Bertz CT molecular complexity index is 878. The number of nitro benzene ring substituents is 1. The highest BCUT2D eigenvalue weighted by molar-refractivity contribution is 6.84. The van der Waals surface area contributed by atoms with E-state index >= 15 is 0 Å². The Morgan fingerprint density at radius 2 is 1.52 bits per heavy atom. The van der Waals surface area contributed by atoms with Crippen molar-refractivity contribution in [3.8, 4) is 5.75 Å². The zero-order chi connectivity index (χ0) is 20.5. The van der Waals surface area contributed by atoms with Crippen LogP contribution in [0.15, 0.2) is 18.2 Å². The summed E-state index contributed by atoms with van der Waals surface area (Å²) in [6, 6.07) is 3.88. The summed E-state index contributed by atoms with van der Waals surface area (Å²) < 4.78 is 78.4. The van der Waals surface area contributed by atoms with Gasteiger partial charge in [0.2, 0.25) is 14.1 Å². The number of hydrogen-bond donors (Lipinski definition) is 0. The molecule has 0 aromatic heterocycles. The van der Waals surface area contributed by atoms with Gasteiger partial charge in [0.05, 0.1) is 18.6 Å². The van der Waals surface area contributed by atoms with Crippen LogP contribution in [-0.2, 0) is 11.0 Å². The first-order valence-corrected chi connectivity index (χ1v) is 10.4. The van der Waals surface area contributed by atoms with Crippen molar-refractivity contribution in [3.05, 3.63) is 63.0 Å². The van der Waals surface area contributed by atoms with Crippen LogP contribution in [0.2, 0.25) is 13.1 Å². The maximum atomic E-state index is 14.0. The molecule has 0 heterocycles. The van der Waals surface area contributed by atoms with Gasteiger partial charge in [-0.2, -0.15) is 0 Å². The molecule has 0 unspecified atom stereocenters. The molecule has 0 saturated carbocycles. The average molecular weight is 407 g/mol. The molecule has 146 valence electrons. The van der Waals surface area contributed by atoms with Crippen LogP contribution in [0.4, 0.5) is 27.6 Å². The Morgan fingerprint density at radius 3 is 2.00 bits per heavy atom. The fourth-order valence-corrected chi connectivity index (χ4v) is 4.39. The van der Waals surface area contributed by atoms with Crippen LogP contribution in [0.25, 0.3) is 0 Å². The Balaban J connectivity index is 2.36. The third-order valence-electron chi connectivity index (χ3n) is 3.85. The van der Waals surface area contributed by atoms with Crippen LogP contribution in [0.3, 0.4) is 0 Å². The van der Waals surface area contributed by atoms with Gasteiger partial charge in [0.1, 0.15) is 0 Å². The van der Waals surface area contributed by atoms with Crippen molar-refractivity contribution in [2.45, 2.75) is 19.7 Å². The van der Waals surface area contributed by atoms with Gasteiger partial charge in [0.15, 0.2) is 29.0 Å². The first kappa shape index (κ1) is 20.8.